The molecule has 0 saturated carbocycles. The van der Waals surface area contributed by atoms with Crippen molar-refractivity contribution in [3.05, 3.63) is 72.9 Å². The smallest absolute Gasteiger partial charge is 0.253 e. The summed E-state index contributed by atoms with van der Waals surface area (Å²) in [6.07, 6.45) is 0. The number of aromatic nitrogens is 5. The van der Waals surface area contributed by atoms with Gasteiger partial charge in [0.15, 0.2) is 11.0 Å². The Balaban J connectivity index is 1.54. The van der Waals surface area contributed by atoms with Crippen molar-refractivity contribution in [3.8, 4) is 5.69 Å². The first-order valence-electron chi connectivity index (χ1n) is 10.1. The van der Waals surface area contributed by atoms with Gasteiger partial charge in [-0.25, -0.2) is 0 Å². The maximum atomic E-state index is 12.7. The van der Waals surface area contributed by atoms with Crippen LogP contribution in [0.4, 0.5) is 5.13 Å². The molecule has 0 aliphatic heterocycles. The Bertz CT molecular complexity index is 1440. The lowest BCUT2D eigenvalue weighted by atomic mass is 10.2. The first kappa shape index (κ1) is 26.6. The zero-order valence-corrected chi connectivity index (χ0v) is 22.9. The Hall–Kier alpha value is -2.41. The van der Waals surface area contributed by atoms with Gasteiger partial charge in [-0.05, 0) is 43.3 Å². The molecule has 9 nitrogen and oxygen atoms in total. The quantitative estimate of drug-likeness (QED) is 0.249. The molecule has 0 fully saturated rings. The topological polar surface area (TPSA) is 115 Å². The molecular weight excluding hydrogens is 588 g/mol. The highest BCUT2D eigenvalue weighted by Crippen LogP contribution is 2.28. The molecule has 0 atom stereocenters. The van der Waals surface area contributed by atoms with Gasteiger partial charge in [0.25, 0.3) is 5.91 Å². The highest BCUT2D eigenvalue weighted by molar-refractivity contribution is 7.99. The minimum Gasteiger partial charge on any atom is -0.345 e. The van der Waals surface area contributed by atoms with Crippen LogP contribution in [0.2, 0.25) is 20.1 Å². The summed E-state index contributed by atoms with van der Waals surface area (Å²) in [6.45, 7) is 1.81. The van der Waals surface area contributed by atoms with Crippen molar-refractivity contribution in [1.29, 1.82) is 0 Å². The van der Waals surface area contributed by atoms with E-state index in [0.29, 0.717) is 36.9 Å². The van der Waals surface area contributed by atoms with E-state index in [9.17, 15) is 9.59 Å². The van der Waals surface area contributed by atoms with Crippen LogP contribution in [-0.4, -0.2) is 42.5 Å². The van der Waals surface area contributed by atoms with Gasteiger partial charge in [-0.15, -0.1) is 20.4 Å². The van der Waals surface area contributed by atoms with E-state index in [1.165, 1.54) is 23.5 Å². The Kier molecular flexibility index (Phi) is 8.70. The van der Waals surface area contributed by atoms with Crippen LogP contribution < -0.4 is 10.6 Å². The van der Waals surface area contributed by atoms with Gasteiger partial charge in [-0.3, -0.25) is 19.5 Å². The Labute approximate surface area is 233 Å². The van der Waals surface area contributed by atoms with Crippen LogP contribution in [0.5, 0.6) is 0 Å². The van der Waals surface area contributed by atoms with Crippen LogP contribution in [0, 0.1) is 6.92 Å². The minimum atomic E-state index is -0.415. The van der Waals surface area contributed by atoms with E-state index >= 15 is 0 Å². The maximum Gasteiger partial charge on any atom is 0.253 e. The molecular formula is C21H15Cl4N7O2S2. The number of rotatable bonds is 8. The van der Waals surface area contributed by atoms with Crippen LogP contribution in [0.3, 0.4) is 0 Å². The number of amides is 2. The normalized spacial score (nSPS) is 10.9. The largest absolute Gasteiger partial charge is 0.345 e. The fraction of sp³-hybridized carbons (Fsp3) is 0.143. The minimum absolute atomic E-state index is 0.0157. The van der Waals surface area contributed by atoms with Gasteiger partial charge in [-0.2, -0.15) is 0 Å². The molecule has 2 aromatic heterocycles. The summed E-state index contributed by atoms with van der Waals surface area (Å²) in [7, 11) is 0. The van der Waals surface area contributed by atoms with Crippen molar-refractivity contribution in [2.75, 3.05) is 11.1 Å². The molecule has 2 aromatic carbocycles. The molecule has 0 saturated heterocycles. The summed E-state index contributed by atoms with van der Waals surface area (Å²) in [5.41, 5.74) is 0.866. The predicted molar refractivity (Wildman–Crippen MR) is 143 cm³/mol. The molecule has 0 unspecified atom stereocenters. The molecule has 0 aliphatic rings. The second kappa shape index (κ2) is 11.8. The lowest BCUT2D eigenvalue weighted by molar-refractivity contribution is -0.113. The van der Waals surface area contributed by atoms with E-state index < -0.39 is 5.91 Å². The van der Waals surface area contributed by atoms with Gasteiger partial charge < -0.3 is 5.32 Å². The molecule has 36 heavy (non-hydrogen) atoms. The van der Waals surface area contributed by atoms with Crippen LogP contribution in [0.25, 0.3) is 5.69 Å². The van der Waals surface area contributed by atoms with Gasteiger partial charge in [0.05, 0.1) is 38.6 Å². The average molecular weight is 603 g/mol. The van der Waals surface area contributed by atoms with E-state index in [1.54, 1.807) is 35.8 Å². The fourth-order valence-electron chi connectivity index (χ4n) is 2.95. The molecule has 2 heterocycles. The van der Waals surface area contributed by atoms with Crippen molar-refractivity contribution < 1.29 is 9.59 Å². The Morgan fingerprint density at radius 2 is 1.78 bits per heavy atom. The summed E-state index contributed by atoms with van der Waals surface area (Å²) in [6, 6.07) is 9.59. The highest BCUT2D eigenvalue weighted by Gasteiger charge is 2.19. The van der Waals surface area contributed by atoms with Crippen LogP contribution in [0.1, 0.15) is 21.2 Å². The average Bonchev–Trinajstić information content (AvgIpc) is 3.43. The molecule has 0 radical (unpaired) electrons. The third-order valence-electron chi connectivity index (χ3n) is 4.55. The standard InChI is InChI=1S/C21H15Cl4N7O2S2/c1-10-28-30-20(36-10)27-18(33)9-35-21-31-29-17(32(21)12-3-5-14(23)16(25)7-12)8-26-19(34)13-4-2-11(22)6-15(13)24/h2-7H,8-9H2,1H3,(H,26,34)(H,27,30,33). The second-order valence-electron chi connectivity index (χ2n) is 7.10. The van der Waals surface area contributed by atoms with Crippen molar-refractivity contribution in [2.45, 2.75) is 18.6 Å². The Morgan fingerprint density at radius 1 is 0.972 bits per heavy atom. The number of carbonyl (C=O) groups excluding carboxylic acids is 2. The van der Waals surface area contributed by atoms with E-state index in [1.807, 2.05) is 0 Å². The van der Waals surface area contributed by atoms with E-state index in [-0.39, 0.29) is 28.8 Å². The van der Waals surface area contributed by atoms with Crippen molar-refractivity contribution in [1.82, 2.24) is 30.3 Å². The first-order chi connectivity index (χ1) is 17.2. The number of thioether (sulfide) groups is 1. The number of anilines is 1. The molecule has 0 aliphatic carbocycles. The number of hydrogen-bond donors (Lipinski definition) is 2. The number of nitrogens with one attached hydrogen (secondary N) is 2. The number of aryl methyl sites for hydroxylation is 1. The molecule has 4 rings (SSSR count). The number of carbonyl (C=O) groups is 2. The summed E-state index contributed by atoms with van der Waals surface area (Å²) < 4.78 is 1.68. The van der Waals surface area contributed by atoms with E-state index in [4.69, 9.17) is 46.4 Å². The summed E-state index contributed by atoms with van der Waals surface area (Å²) >= 11 is 26.8. The third kappa shape index (κ3) is 6.47. The Morgan fingerprint density at radius 3 is 2.47 bits per heavy atom. The number of benzene rings is 2. The first-order valence-corrected chi connectivity index (χ1v) is 13.4. The monoisotopic (exact) mass is 601 g/mol. The summed E-state index contributed by atoms with van der Waals surface area (Å²) in [4.78, 5) is 25.1. The lowest BCUT2D eigenvalue weighted by Crippen LogP contribution is -2.25. The maximum absolute atomic E-state index is 12.7. The highest BCUT2D eigenvalue weighted by atomic mass is 35.5. The molecule has 2 N–H and O–H groups in total. The van der Waals surface area contributed by atoms with Crippen molar-refractivity contribution >= 4 is 86.4 Å². The SMILES string of the molecule is Cc1nnc(NC(=O)CSc2nnc(CNC(=O)c3ccc(Cl)cc3Cl)n2-c2ccc(Cl)c(Cl)c2)s1. The third-order valence-corrected chi connectivity index (χ3v) is 7.52. The van der Waals surface area contributed by atoms with E-state index in [2.05, 4.69) is 31.0 Å². The summed E-state index contributed by atoms with van der Waals surface area (Å²) in [5.74, 6) is -0.270. The molecule has 186 valence electrons. The molecule has 4 aromatic rings. The lowest BCUT2D eigenvalue weighted by Gasteiger charge is -2.12. The predicted octanol–water partition coefficient (Wildman–Crippen LogP) is 5.70. The van der Waals surface area contributed by atoms with Crippen LogP contribution in [0.15, 0.2) is 41.6 Å². The van der Waals surface area contributed by atoms with Gasteiger partial charge >= 0.3 is 0 Å². The van der Waals surface area contributed by atoms with E-state index in [0.717, 1.165) is 16.8 Å². The van der Waals surface area contributed by atoms with Gasteiger partial charge in [-0.1, -0.05) is 69.5 Å². The van der Waals surface area contributed by atoms with Crippen molar-refractivity contribution in [3.63, 3.8) is 0 Å². The molecule has 2 amide bonds. The van der Waals surface area contributed by atoms with Crippen molar-refractivity contribution in [2.24, 2.45) is 0 Å². The number of hydrogen-bond acceptors (Lipinski definition) is 8. The van der Waals surface area contributed by atoms with Crippen LogP contribution >= 0.6 is 69.5 Å². The second-order valence-corrected chi connectivity index (χ2v) is 10.9. The zero-order chi connectivity index (χ0) is 25.8. The van der Waals surface area contributed by atoms with Gasteiger partial charge in [0.2, 0.25) is 11.0 Å². The zero-order valence-electron chi connectivity index (χ0n) is 18.3. The van der Waals surface area contributed by atoms with Gasteiger partial charge in [0, 0.05) is 5.02 Å². The molecule has 0 spiro atoms. The fourth-order valence-corrected chi connectivity index (χ4v) is 5.12. The number of nitrogens with zero attached hydrogens (tertiary/aromatic N) is 5. The summed E-state index contributed by atoms with van der Waals surface area (Å²) in [5, 5.41) is 24.5. The molecule has 0 bridgehead atoms. The molecule has 15 heteroatoms. The van der Waals surface area contributed by atoms with Crippen LogP contribution in [-0.2, 0) is 11.3 Å². The number of halogens is 4. The van der Waals surface area contributed by atoms with Gasteiger partial charge in [0.1, 0.15) is 5.01 Å².